The van der Waals surface area contributed by atoms with Crippen molar-refractivity contribution in [3.63, 3.8) is 0 Å². The molecule has 0 radical (unpaired) electrons. The van der Waals surface area contributed by atoms with E-state index in [1.807, 2.05) is 0 Å². The molecule has 0 unspecified atom stereocenters. The topological polar surface area (TPSA) is 291 Å². The number of anilines is 2. The second kappa shape index (κ2) is 22.4. The van der Waals surface area contributed by atoms with Gasteiger partial charge in [0.2, 0.25) is 23.5 Å². The number of nitrogens with zero attached hydrogens (tertiary/aromatic N) is 12. The van der Waals surface area contributed by atoms with Crippen molar-refractivity contribution in [1.29, 1.82) is 0 Å². The number of para-hydroxylation sites is 2. The van der Waals surface area contributed by atoms with Crippen molar-refractivity contribution in [2.24, 2.45) is 0 Å². The molecule has 4 atom stereocenters. The molecule has 24 nitrogen and oxygen atoms in total. The molecule has 0 saturated carbocycles. The van der Waals surface area contributed by atoms with Gasteiger partial charge in [-0.1, -0.05) is 12.1 Å². The fourth-order valence-electron chi connectivity index (χ4n) is 8.96. The minimum absolute atomic E-state index is 0.0111. The van der Waals surface area contributed by atoms with Crippen molar-refractivity contribution in [3.8, 4) is 57.5 Å². The molecule has 0 bridgehead atoms. The molecule has 10 rings (SSSR count). The van der Waals surface area contributed by atoms with Gasteiger partial charge in [-0.25, -0.2) is 45.6 Å². The number of hydrogen-bond acceptors (Lipinski definition) is 22. The van der Waals surface area contributed by atoms with E-state index >= 15 is 0 Å². The third-order valence-electron chi connectivity index (χ3n) is 12.4. The molecule has 76 heavy (non-hydrogen) atoms. The van der Waals surface area contributed by atoms with Crippen LogP contribution in [0.5, 0.6) is 23.0 Å². The minimum atomic E-state index is -3.91. The summed E-state index contributed by atoms with van der Waals surface area (Å²) in [5, 5.41) is 35.9. The van der Waals surface area contributed by atoms with E-state index in [4.69, 9.17) is 27.8 Å². The third-order valence-corrected chi connectivity index (χ3v) is 16.5. The summed E-state index contributed by atoms with van der Waals surface area (Å²) in [5.74, 6) is 1.09. The number of halogens is 2. The fourth-order valence-corrected chi connectivity index (χ4v) is 12.4. The number of rotatable bonds is 16. The number of aliphatic hydroxyl groups is 2. The molecule has 8 aromatic rings. The molecular formula is C48H50F2N12O12S2. The zero-order valence-electron chi connectivity index (χ0n) is 41.1. The summed E-state index contributed by atoms with van der Waals surface area (Å²) in [6, 6.07) is 17.0. The number of piperidine rings is 2. The van der Waals surface area contributed by atoms with Gasteiger partial charge in [0.1, 0.15) is 45.9 Å². The smallest absolute Gasteiger partial charge is 0.225 e. The van der Waals surface area contributed by atoms with Crippen molar-refractivity contribution in [1.82, 2.24) is 49.5 Å². The number of ether oxygens (including phenoxy) is 4. The van der Waals surface area contributed by atoms with Gasteiger partial charge in [-0.2, -0.15) is 0 Å². The van der Waals surface area contributed by atoms with E-state index in [0.717, 1.165) is 24.8 Å². The van der Waals surface area contributed by atoms with Gasteiger partial charge in [0, 0.05) is 26.2 Å². The molecule has 0 amide bonds. The highest BCUT2D eigenvalue weighted by atomic mass is 32.2. The van der Waals surface area contributed by atoms with Crippen molar-refractivity contribution in [2.45, 2.75) is 47.1 Å². The van der Waals surface area contributed by atoms with Crippen LogP contribution in [0.2, 0.25) is 0 Å². The third kappa shape index (κ3) is 11.1. The Morgan fingerprint density at radius 2 is 0.895 bits per heavy atom. The first-order chi connectivity index (χ1) is 36.6. The van der Waals surface area contributed by atoms with Gasteiger partial charge in [-0.3, -0.25) is 9.13 Å². The van der Waals surface area contributed by atoms with Crippen LogP contribution >= 0.6 is 0 Å². The molecule has 0 spiro atoms. The summed E-state index contributed by atoms with van der Waals surface area (Å²) in [5.41, 5.74) is 0.813. The zero-order valence-corrected chi connectivity index (χ0v) is 42.8. The van der Waals surface area contributed by atoms with E-state index in [2.05, 4.69) is 40.3 Å². The molecule has 2 saturated heterocycles. The Hall–Kier alpha value is -8.08. The zero-order chi connectivity index (χ0) is 53.7. The van der Waals surface area contributed by atoms with Crippen molar-refractivity contribution < 1.29 is 63.6 Å². The molecular weight excluding hydrogens is 1040 g/mol. The lowest BCUT2D eigenvalue weighted by atomic mass is 10.1. The van der Waals surface area contributed by atoms with E-state index in [1.54, 1.807) is 60.7 Å². The van der Waals surface area contributed by atoms with Crippen LogP contribution in [0.3, 0.4) is 0 Å². The first-order valence-electron chi connectivity index (χ1n) is 23.2. The summed E-state index contributed by atoms with van der Waals surface area (Å²) in [6.07, 6.45) is 5.02. The Balaban J connectivity index is 0.000000186. The molecule has 6 aromatic heterocycles. The Morgan fingerprint density at radius 1 is 0.539 bits per heavy atom. The van der Waals surface area contributed by atoms with Crippen LogP contribution < -0.4 is 28.7 Å². The number of sulfone groups is 2. The van der Waals surface area contributed by atoms with E-state index in [0.29, 0.717) is 45.9 Å². The maximum absolute atomic E-state index is 13.7. The van der Waals surface area contributed by atoms with Gasteiger partial charge in [0.15, 0.2) is 54.5 Å². The Bertz CT molecular complexity index is 3200. The van der Waals surface area contributed by atoms with Gasteiger partial charge in [-0.05, 0) is 61.4 Å². The Morgan fingerprint density at radius 3 is 1.21 bits per heavy atom. The van der Waals surface area contributed by atoms with E-state index < -0.39 is 65.5 Å². The van der Waals surface area contributed by atoms with Gasteiger partial charge in [-0.15, -0.1) is 20.4 Å². The molecule has 8 heterocycles. The van der Waals surface area contributed by atoms with Crippen molar-refractivity contribution in [3.05, 3.63) is 121 Å². The van der Waals surface area contributed by atoms with E-state index in [1.165, 1.54) is 59.9 Å². The predicted octanol–water partition coefficient (Wildman–Crippen LogP) is 4.06. The Labute approximate surface area is 433 Å². The molecule has 0 aliphatic carbocycles. The lowest BCUT2D eigenvalue weighted by Crippen LogP contribution is -2.49. The van der Waals surface area contributed by atoms with Crippen LogP contribution in [0.25, 0.3) is 34.5 Å². The number of aliphatic hydroxyl groups excluding tert-OH is 2. The molecule has 28 heteroatoms. The van der Waals surface area contributed by atoms with Crippen molar-refractivity contribution >= 4 is 31.6 Å². The maximum atomic E-state index is 13.7. The summed E-state index contributed by atoms with van der Waals surface area (Å²) in [7, 11) is -1.87. The van der Waals surface area contributed by atoms with Crippen LogP contribution in [0.15, 0.2) is 107 Å². The summed E-state index contributed by atoms with van der Waals surface area (Å²) >= 11 is 0. The molecule has 2 fully saturated rings. The number of benzene rings is 2. The highest BCUT2D eigenvalue weighted by molar-refractivity contribution is 7.91. The summed E-state index contributed by atoms with van der Waals surface area (Å²) < 4.78 is 118. The quantitative estimate of drug-likeness (QED) is 0.138. The monoisotopic (exact) mass is 1090 g/mol. The normalized spacial score (nSPS) is 17.9. The summed E-state index contributed by atoms with van der Waals surface area (Å²) in [4.78, 5) is 18.8. The van der Waals surface area contributed by atoms with Gasteiger partial charge in [0.05, 0.1) is 88.5 Å². The van der Waals surface area contributed by atoms with Crippen LogP contribution in [-0.2, 0) is 31.2 Å². The largest absolute Gasteiger partial charge is 0.494 e. The highest BCUT2D eigenvalue weighted by Gasteiger charge is 2.40. The first-order valence-corrected chi connectivity index (χ1v) is 26.7. The Kier molecular flexibility index (Phi) is 15.6. The van der Waals surface area contributed by atoms with E-state index in [-0.39, 0.29) is 74.2 Å². The molecule has 400 valence electrons. The number of aromatic nitrogens is 10. The summed E-state index contributed by atoms with van der Waals surface area (Å²) in [6.45, 7) is 0.272. The SMILES string of the molecule is COc1cccc(OC)c1-n1c(CS(=O)(=O)[C@@H]2C[C@H](O)CN(c3ncc(F)cn3)C2)nnc1-c1ccco1.COc1cccc(OC)c1-n1c(CS(=O)(=O)[C@H]2C[C@@H](O)CN(c3ncc(F)cn3)C2)nnc1-c1ccco1. The molecule has 2 aromatic carbocycles. The van der Waals surface area contributed by atoms with Gasteiger partial charge in [0.25, 0.3) is 0 Å². The van der Waals surface area contributed by atoms with Crippen LogP contribution in [0.4, 0.5) is 20.7 Å². The fraction of sp³-hybridized carbons (Fsp3) is 0.333. The van der Waals surface area contributed by atoms with Crippen LogP contribution in [0, 0.1) is 11.6 Å². The lowest BCUT2D eigenvalue weighted by Gasteiger charge is -2.35. The average Bonchev–Trinajstić information content (AvgIpc) is 4.31. The standard InChI is InChI=1S/2C24H25FN6O6S/c2*1-35-18-5-3-6-19(36-2)22(18)31-21(28-29-23(31)20-7-4-8-37-20)14-38(33,34)17-9-16(32)12-30(13-17)24-26-10-15(25)11-27-24/h2*3-8,10-11,16-17,32H,9,12-14H2,1-2H3/t2*16-,17+/m10/s1. The molecule has 2 N–H and O–H groups in total. The maximum Gasteiger partial charge on any atom is 0.225 e. The van der Waals surface area contributed by atoms with Gasteiger partial charge < -0.3 is 47.8 Å². The van der Waals surface area contributed by atoms with Gasteiger partial charge >= 0.3 is 0 Å². The van der Waals surface area contributed by atoms with Crippen molar-refractivity contribution in [2.75, 3.05) is 64.4 Å². The second-order valence-electron chi connectivity index (χ2n) is 17.4. The molecule has 2 aliphatic heterocycles. The number of furan rings is 2. The first kappa shape index (κ1) is 52.8. The average molecular weight is 1090 g/mol. The number of methoxy groups -OCH3 is 4. The lowest BCUT2D eigenvalue weighted by molar-refractivity contribution is 0.154. The minimum Gasteiger partial charge on any atom is -0.494 e. The van der Waals surface area contributed by atoms with E-state index in [9.17, 15) is 35.8 Å². The number of β-amino-alcohol motifs (C(OH)–C–C–N with tert-alkyl or cyclic N) is 2. The second-order valence-corrected chi connectivity index (χ2v) is 21.9. The molecule has 2 aliphatic rings. The highest BCUT2D eigenvalue weighted by Crippen LogP contribution is 2.39. The predicted molar refractivity (Wildman–Crippen MR) is 267 cm³/mol. The number of hydrogen-bond donors (Lipinski definition) is 2. The van der Waals surface area contributed by atoms with Crippen LogP contribution in [0.1, 0.15) is 24.5 Å². The van der Waals surface area contributed by atoms with Crippen LogP contribution in [-0.4, -0.2) is 154 Å².